The Labute approximate surface area is 307 Å². The highest BCUT2D eigenvalue weighted by molar-refractivity contribution is 6.36. The number of aromatic nitrogens is 3. The molecule has 2 saturated heterocycles. The van der Waals surface area contributed by atoms with Crippen molar-refractivity contribution >= 4 is 35.2 Å². The van der Waals surface area contributed by atoms with Gasteiger partial charge in [-0.05, 0) is 55.0 Å². The molecular formula is C38H47ClN8O5. The fourth-order valence-corrected chi connectivity index (χ4v) is 6.90. The van der Waals surface area contributed by atoms with Crippen LogP contribution in [0.2, 0.25) is 5.02 Å². The first-order valence-corrected chi connectivity index (χ1v) is 17.7. The summed E-state index contributed by atoms with van der Waals surface area (Å²) in [4.78, 5) is 40.7. The number of rotatable bonds is 5. The summed E-state index contributed by atoms with van der Waals surface area (Å²) in [6.45, 7) is 8.57. The van der Waals surface area contributed by atoms with Crippen molar-refractivity contribution in [1.29, 1.82) is 0 Å². The molecule has 0 saturated carbocycles. The zero-order valence-electron chi connectivity index (χ0n) is 30.5. The van der Waals surface area contributed by atoms with E-state index in [1.54, 1.807) is 7.11 Å². The Morgan fingerprint density at radius 2 is 1.73 bits per heavy atom. The van der Waals surface area contributed by atoms with Crippen molar-refractivity contribution < 1.29 is 14.3 Å². The Kier molecular flexibility index (Phi) is 11.8. The van der Waals surface area contributed by atoms with Crippen LogP contribution in [0.1, 0.15) is 37.0 Å². The second-order valence-corrected chi connectivity index (χ2v) is 13.1. The van der Waals surface area contributed by atoms with Gasteiger partial charge in [-0.15, -0.1) is 0 Å². The molecule has 0 radical (unpaired) electrons. The van der Waals surface area contributed by atoms with Gasteiger partial charge in [0.25, 0.3) is 5.56 Å². The maximum Gasteiger partial charge on any atom is 0.330 e. The zero-order valence-corrected chi connectivity index (χ0v) is 31.2. The summed E-state index contributed by atoms with van der Waals surface area (Å²) >= 11 is 7.03. The van der Waals surface area contributed by atoms with Crippen LogP contribution in [0.15, 0.2) is 52.1 Å². The number of carbonyl (C=O) groups excluding carboxylic acids is 1. The Morgan fingerprint density at radius 1 is 1.04 bits per heavy atom. The number of hydrogen-bond donors (Lipinski definition) is 5. The molecule has 14 heteroatoms. The number of carbonyl (C=O) groups is 1. The van der Waals surface area contributed by atoms with Gasteiger partial charge >= 0.3 is 5.69 Å². The molecule has 2 fully saturated rings. The molecule has 13 nitrogen and oxygen atoms in total. The van der Waals surface area contributed by atoms with Gasteiger partial charge in [-0.3, -0.25) is 18.7 Å². The Hall–Kier alpha value is -5.11. The number of halogens is 1. The SMILES string of the molecule is CC.COc1nc(-c2cccc(-c3cccc(N/C(N)=c4\c(=O)n(C)c(=O)n(C)\c4=C\N)c3C)c2Cl)cc2c1CCC2.O=C1COC2(CNC2)CN1. The van der Waals surface area contributed by atoms with Gasteiger partial charge in [0.15, 0.2) is 0 Å². The number of nitrogens with two attached hydrogens (primary N) is 2. The Morgan fingerprint density at radius 3 is 2.37 bits per heavy atom. The van der Waals surface area contributed by atoms with E-state index >= 15 is 0 Å². The number of fused-ring (bicyclic) bond motifs is 1. The van der Waals surface area contributed by atoms with Crippen molar-refractivity contribution in [2.75, 3.05) is 38.7 Å². The minimum Gasteiger partial charge on any atom is -0.481 e. The fraction of sp³-hybridized carbons (Fsp3) is 0.368. The highest BCUT2D eigenvalue weighted by Gasteiger charge is 2.41. The van der Waals surface area contributed by atoms with E-state index in [9.17, 15) is 14.4 Å². The standard InChI is InChI=1S/C30H31ClN6O3.C6H10N2O2.C2H6/c1-16-18(9-7-13-22(16)34-27(33)25-24(15-32)36(2)30(39)37(3)29(25)38)20-11-6-12-21(26(20)31)23-14-17-8-5-10-19(17)28(35-23)40-4;9-5-1-10-6(4-8-5)2-7-3-6;1-2/h6-7,9,11-15,34H,5,8,10,32-33H2,1-4H3;7H,1-4H2,(H,8,9);1-2H3/b24-15+,27-25-;;. The number of nitrogens with one attached hydrogen (secondary N) is 3. The van der Waals surface area contributed by atoms with Crippen LogP contribution < -0.4 is 54.0 Å². The Balaban J connectivity index is 0.000000369. The number of hydrogen-bond acceptors (Lipinski definition) is 10. The molecule has 4 heterocycles. The van der Waals surface area contributed by atoms with E-state index in [2.05, 4.69) is 22.0 Å². The largest absolute Gasteiger partial charge is 0.481 e. The van der Waals surface area contributed by atoms with E-state index in [1.807, 2.05) is 57.2 Å². The maximum atomic E-state index is 13.0. The van der Waals surface area contributed by atoms with E-state index in [0.717, 1.165) is 64.9 Å². The number of methoxy groups -OCH3 is 1. The van der Waals surface area contributed by atoms with Crippen LogP contribution >= 0.6 is 11.6 Å². The molecule has 1 amide bonds. The number of morpholine rings is 1. The molecule has 0 unspecified atom stereocenters. The van der Waals surface area contributed by atoms with E-state index < -0.39 is 11.2 Å². The summed E-state index contributed by atoms with van der Waals surface area (Å²) in [6, 6.07) is 13.7. The van der Waals surface area contributed by atoms with Crippen LogP contribution in [0.25, 0.3) is 34.4 Å². The predicted octanol–water partition coefficient (Wildman–Crippen LogP) is 1.61. The molecule has 7 N–H and O–H groups in total. The lowest BCUT2D eigenvalue weighted by molar-refractivity contribution is -0.150. The molecule has 4 aromatic rings. The molecule has 1 aliphatic carbocycles. The van der Waals surface area contributed by atoms with E-state index in [-0.39, 0.29) is 34.5 Å². The Bertz CT molecular complexity index is 2230. The van der Waals surface area contributed by atoms with Gasteiger partial charge in [0.2, 0.25) is 11.8 Å². The normalized spacial score (nSPS) is 16.4. The molecule has 2 aromatic carbocycles. The number of aryl methyl sites for hydroxylation is 1. The van der Waals surface area contributed by atoms with Gasteiger partial charge in [0.05, 0.1) is 23.2 Å². The van der Waals surface area contributed by atoms with Crippen molar-refractivity contribution in [2.24, 2.45) is 25.6 Å². The van der Waals surface area contributed by atoms with Crippen LogP contribution in [-0.4, -0.2) is 59.0 Å². The molecular weight excluding hydrogens is 684 g/mol. The van der Waals surface area contributed by atoms with Gasteiger partial charge in [0.1, 0.15) is 23.2 Å². The summed E-state index contributed by atoms with van der Waals surface area (Å²) in [5.41, 5.74) is 18.3. The van der Waals surface area contributed by atoms with Gasteiger partial charge in [0, 0.05) is 62.3 Å². The third-order valence-corrected chi connectivity index (χ3v) is 9.97. The van der Waals surface area contributed by atoms with E-state index in [1.165, 1.54) is 36.0 Å². The highest BCUT2D eigenvalue weighted by atomic mass is 35.5. The second kappa shape index (κ2) is 16.1. The average Bonchev–Trinajstić information content (AvgIpc) is 3.63. The maximum absolute atomic E-state index is 13.0. The molecule has 7 rings (SSSR count). The fourth-order valence-electron chi connectivity index (χ4n) is 6.58. The number of anilines is 1. The van der Waals surface area contributed by atoms with Crippen molar-refractivity contribution in [3.8, 4) is 28.3 Å². The topological polar surface area (TPSA) is 181 Å². The lowest BCUT2D eigenvalue weighted by atomic mass is 9.96. The molecule has 2 aliphatic heterocycles. The predicted molar refractivity (Wildman–Crippen MR) is 205 cm³/mol. The molecule has 1 spiro atoms. The number of benzene rings is 2. The summed E-state index contributed by atoms with van der Waals surface area (Å²) in [5, 5.41) is 9.93. The third kappa shape index (κ3) is 7.29. The smallest absolute Gasteiger partial charge is 0.330 e. The summed E-state index contributed by atoms with van der Waals surface area (Å²) in [7, 11) is 4.57. The quantitative estimate of drug-likeness (QED) is 0.203. The minimum absolute atomic E-state index is 0.00229. The van der Waals surface area contributed by atoms with Gasteiger partial charge in [-0.25, -0.2) is 9.78 Å². The lowest BCUT2D eigenvalue weighted by Gasteiger charge is -2.44. The zero-order chi connectivity index (χ0) is 37.7. The van der Waals surface area contributed by atoms with Crippen molar-refractivity contribution in [3.63, 3.8) is 0 Å². The molecule has 3 aliphatic rings. The van der Waals surface area contributed by atoms with Crippen LogP contribution in [0.4, 0.5) is 5.69 Å². The van der Waals surface area contributed by atoms with Gasteiger partial charge < -0.3 is 36.9 Å². The highest BCUT2D eigenvalue weighted by Crippen LogP contribution is 2.41. The molecule has 2 aromatic heterocycles. The first-order chi connectivity index (χ1) is 25.0. The molecule has 0 bridgehead atoms. The van der Waals surface area contributed by atoms with Crippen molar-refractivity contribution in [2.45, 2.75) is 45.6 Å². The number of nitrogens with zero attached hydrogens (tertiary/aromatic N) is 3. The second-order valence-electron chi connectivity index (χ2n) is 12.7. The van der Waals surface area contributed by atoms with Crippen molar-refractivity contribution in [3.05, 3.63) is 95.6 Å². The van der Waals surface area contributed by atoms with E-state index in [4.69, 9.17) is 37.5 Å². The summed E-state index contributed by atoms with van der Waals surface area (Å²) in [5.74, 6) is 0.721. The molecule has 0 atom stereocenters. The number of ether oxygens (including phenoxy) is 2. The first kappa shape index (κ1) is 38.1. The monoisotopic (exact) mass is 730 g/mol. The number of amides is 1. The first-order valence-electron chi connectivity index (χ1n) is 17.3. The number of pyridine rings is 1. The summed E-state index contributed by atoms with van der Waals surface area (Å²) in [6.07, 6.45) is 4.24. The lowest BCUT2D eigenvalue weighted by Crippen LogP contribution is -2.69. The molecule has 276 valence electrons. The summed E-state index contributed by atoms with van der Waals surface area (Å²) < 4.78 is 13.2. The van der Waals surface area contributed by atoms with Crippen LogP contribution in [0.3, 0.4) is 0 Å². The van der Waals surface area contributed by atoms with Gasteiger partial charge in [-0.2, -0.15) is 0 Å². The van der Waals surface area contributed by atoms with Crippen LogP contribution in [-0.2, 0) is 36.5 Å². The third-order valence-electron chi connectivity index (χ3n) is 9.56. The molecule has 52 heavy (non-hydrogen) atoms. The van der Waals surface area contributed by atoms with E-state index in [0.29, 0.717) is 23.1 Å². The minimum atomic E-state index is -0.549. The average molecular weight is 731 g/mol. The van der Waals surface area contributed by atoms with Crippen LogP contribution in [0.5, 0.6) is 5.88 Å². The van der Waals surface area contributed by atoms with Gasteiger partial charge in [-0.1, -0.05) is 55.8 Å². The van der Waals surface area contributed by atoms with Crippen molar-refractivity contribution in [1.82, 2.24) is 24.8 Å². The van der Waals surface area contributed by atoms with Crippen LogP contribution in [0, 0.1) is 6.92 Å².